The van der Waals surface area contributed by atoms with Gasteiger partial charge in [0.15, 0.2) is 0 Å². The molecule has 3 rings (SSSR count). The van der Waals surface area contributed by atoms with Crippen molar-refractivity contribution in [1.82, 2.24) is 15.5 Å². The van der Waals surface area contributed by atoms with Gasteiger partial charge in [-0.2, -0.15) is 0 Å². The first-order valence-corrected chi connectivity index (χ1v) is 9.62. The van der Waals surface area contributed by atoms with Crippen molar-refractivity contribution in [2.75, 3.05) is 33.3 Å². The van der Waals surface area contributed by atoms with Crippen LogP contribution < -0.4 is 15.4 Å². The molecule has 1 aliphatic heterocycles. The van der Waals surface area contributed by atoms with Gasteiger partial charge in [-0.1, -0.05) is 12.1 Å². The number of ether oxygens (including phenoxy) is 1. The van der Waals surface area contributed by atoms with Gasteiger partial charge in [0.05, 0.1) is 18.9 Å². The van der Waals surface area contributed by atoms with E-state index in [9.17, 15) is 9.59 Å². The topological polar surface area (TPSA) is 83.8 Å². The van der Waals surface area contributed by atoms with Crippen LogP contribution in [0, 0.1) is 5.92 Å². The average molecular weight is 385 g/mol. The van der Waals surface area contributed by atoms with Crippen LogP contribution in [0.1, 0.15) is 28.8 Å². The van der Waals surface area contributed by atoms with Gasteiger partial charge >= 0.3 is 6.03 Å². The zero-order chi connectivity index (χ0) is 19.8. The van der Waals surface area contributed by atoms with E-state index in [1.807, 2.05) is 29.2 Å². The van der Waals surface area contributed by atoms with Gasteiger partial charge in [-0.3, -0.25) is 4.79 Å². The number of piperidine rings is 1. The Morgan fingerprint density at radius 3 is 2.54 bits per heavy atom. The molecular weight excluding hydrogens is 358 g/mol. The highest BCUT2D eigenvalue weighted by molar-refractivity contribution is 5.93. The summed E-state index contributed by atoms with van der Waals surface area (Å²) in [6.07, 6.45) is 5.53. The molecule has 28 heavy (non-hydrogen) atoms. The first-order valence-electron chi connectivity index (χ1n) is 9.62. The van der Waals surface area contributed by atoms with Crippen molar-refractivity contribution in [3.63, 3.8) is 0 Å². The molecule has 150 valence electrons. The van der Waals surface area contributed by atoms with Gasteiger partial charge in [-0.25, -0.2) is 4.79 Å². The second kappa shape index (κ2) is 9.82. The fourth-order valence-electron chi connectivity index (χ4n) is 3.32. The first-order chi connectivity index (χ1) is 13.7. The van der Waals surface area contributed by atoms with E-state index < -0.39 is 0 Å². The van der Waals surface area contributed by atoms with E-state index >= 15 is 0 Å². The largest absolute Gasteiger partial charge is 0.497 e. The van der Waals surface area contributed by atoms with Gasteiger partial charge in [0.25, 0.3) is 5.91 Å². The number of carbonyl (C=O) groups excluding carboxylic acids is 2. The fourth-order valence-corrected chi connectivity index (χ4v) is 3.32. The Balaban J connectivity index is 1.30. The number of rotatable bonds is 7. The maximum Gasteiger partial charge on any atom is 0.314 e. The van der Waals surface area contributed by atoms with Crippen molar-refractivity contribution in [3.05, 3.63) is 54.0 Å². The molecule has 0 radical (unpaired) electrons. The molecule has 0 unspecified atom stereocenters. The zero-order valence-corrected chi connectivity index (χ0v) is 16.1. The molecule has 3 amide bonds. The van der Waals surface area contributed by atoms with Crippen molar-refractivity contribution in [1.29, 1.82) is 0 Å². The number of methoxy groups -OCH3 is 1. The fraction of sp³-hybridized carbons (Fsp3) is 0.429. The lowest BCUT2D eigenvalue weighted by atomic mass is 9.96. The summed E-state index contributed by atoms with van der Waals surface area (Å²) >= 11 is 0. The smallest absolute Gasteiger partial charge is 0.314 e. The van der Waals surface area contributed by atoms with Crippen LogP contribution in [-0.4, -0.2) is 50.1 Å². The Bertz CT molecular complexity index is 750. The molecule has 2 heterocycles. The molecule has 7 nitrogen and oxygen atoms in total. The highest BCUT2D eigenvalue weighted by atomic mass is 16.5. The third-order valence-corrected chi connectivity index (χ3v) is 5.08. The number of benzene rings is 1. The van der Waals surface area contributed by atoms with Crippen LogP contribution in [0.3, 0.4) is 0 Å². The lowest BCUT2D eigenvalue weighted by Gasteiger charge is -2.31. The normalized spacial score (nSPS) is 14.5. The number of amides is 3. The minimum absolute atomic E-state index is 0.0106. The van der Waals surface area contributed by atoms with E-state index in [0.29, 0.717) is 37.7 Å². The molecule has 2 aromatic rings. The number of furan rings is 1. The Labute approximate surface area is 165 Å². The lowest BCUT2D eigenvalue weighted by Crippen LogP contribution is -2.43. The quantitative estimate of drug-likeness (QED) is 0.768. The predicted octanol–water partition coefficient (Wildman–Crippen LogP) is 2.68. The summed E-state index contributed by atoms with van der Waals surface area (Å²) in [4.78, 5) is 26.1. The lowest BCUT2D eigenvalue weighted by molar-refractivity contribution is 0.0690. The number of nitrogens with zero attached hydrogens (tertiary/aromatic N) is 1. The average Bonchev–Trinajstić information content (AvgIpc) is 3.27. The maximum absolute atomic E-state index is 12.3. The molecule has 2 N–H and O–H groups in total. The van der Waals surface area contributed by atoms with Crippen molar-refractivity contribution < 1.29 is 18.7 Å². The minimum Gasteiger partial charge on any atom is -0.497 e. The van der Waals surface area contributed by atoms with E-state index in [1.165, 1.54) is 12.5 Å². The molecule has 0 bridgehead atoms. The Hall–Kier alpha value is -2.96. The first kappa shape index (κ1) is 19.8. The van der Waals surface area contributed by atoms with Gasteiger partial charge in [0.2, 0.25) is 0 Å². The van der Waals surface area contributed by atoms with Crippen molar-refractivity contribution in [3.8, 4) is 5.75 Å². The van der Waals surface area contributed by atoms with Crippen LogP contribution in [0.25, 0.3) is 0 Å². The number of hydrogen-bond acceptors (Lipinski definition) is 4. The molecule has 0 aliphatic carbocycles. The Morgan fingerprint density at radius 2 is 1.89 bits per heavy atom. The number of likely N-dealkylation sites (tertiary alicyclic amines) is 1. The monoisotopic (exact) mass is 385 g/mol. The van der Waals surface area contributed by atoms with Crippen LogP contribution in [-0.2, 0) is 6.42 Å². The minimum atomic E-state index is -0.148. The third-order valence-electron chi connectivity index (χ3n) is 5.08. The van der Waals surface area contributed by atoms with Gasteiger partial charge < -0.3 is 24.7 Å². The molecule has 1 aromatic heterocycles. The summed E-state index contributed by atoms with van der Waals surface area (Å²) < 4.78 is 10.1. The predicted molar refractivity (Wildman–Crippen MR) is 105 cm³/mol. The molecule has 0 saturated carbocycles. The second-order valence-electron chi connectivity index (χ2n) is 6.98. The van der Waals surface area contributed by atoms with Crippen LogP contribution in [0.4, 0.5) is 4.79 Å². The van der Waals surface area contributed by atoms with Crippen LogP contribution in [0.15, 0.2) is 47.3 Å². The molecule has 1 aromatic carbocycles. The van der Waals surface area contributed by atoms with E-state index in [0.717, 1.165) is 30.6 Å². The number of hydrogen-bond donors (Lipinski definition) is 2. The van der Waals surface area contributed by atoms with Crippen LogP contribution in [0.5, 0.6) is 5.75 Å². The molecular formula is C21H27N3O4. The summed E-state index contributed by atoms with van der Waals surface area (Å²) in [5.74, 6) is 1.23. The summed E-state index contributed by atoms with van der Waals surface area (Å²) in [6, 6.07) is 9.36. The second-order valence-corrected chi connectivity index (χ2v) is 6.98. The van der Waals surface area contributed by atoms with Crippen LogP contribution >= 0.6 is 0 Å². The van der Waals surface area contributed by atoms with E-state index in [-0.39, 0.29) is 11.9 Å². The van der Waals surface area contributed by atoms with E-state index in [1.54, 1.807) is 13.2 Å². The molecule has 7 heteroatoms. The molecule has 0 atom stereocenters. The summed E-state index contributed by atoms with van der Waals surface area (Å²) in [7, 11) is 1.64. The van der Waals surface area contributed by atoms with Gasteiger partial charge in [0, 0.05) is 26.2 Å². The van der Waals surface area contributed by atoms with Gasteiger partial charge in [-0.05, 0) is 48.9 Å². The van der Waals surface area contributed by atoms with Gasteiger partial charge in [-0.15, -0.1) is 0 Å². The number of nitrogens with one attached hydrogen (secondary N) is 2. The van der Waals surface area contributed by atoms with Crippen molar-refractivity contribution >= 4 is 11.9 Å². The highest BCUT2D eigenvalue weighted by Gasteiger charge is 2.24. The number of urea groups is 1. The summed E-state index contributed by atoms with van der Waals surface area (Å²) in [5.41, 5.74) is 1.74. The van der Waals surface area contributed by atoms with Gasteiger partial charge in [0.1, 0.15) is 12.0 Å². The van der Waals surface area contributed by atoms with E-state index in [2.05, 4.69) is 10.6 Å². The summed E-state index contributed by atoms with van der Waals surface area (Å²) in [6.45, 7) is 2.61. The van der Waals surface area contributed by atoms with E-state index in [4.69, 9.17) is 9.15 Å². The zero-order valence-electron chi connectivity index (χ0n) is 16.1. The molecule has 1 saturated heterocycles. The SMILES string of the molecule is COc1ccc(CCNC(=O)NCC2CCN(C(=O)c3ccoc3)CC2)cc1. The van der Waals surface area contributed by atoms with Crippen molar-refractivity contribution in [2.24, 2.45) is 5.92 Å². The Kier molecular flexibility index (Phi) is 6.94. The molecule has 0 spiro atoms. The standard InChI is InChI=1S/C21H27N3O4/c1-27-19-4-2-16(3-5-19)6-10-22-21(26)23-14-17-7-11-24(12-8-17)20(25)18-9-13-28-15-18/h2-5,9,13,15,17H,6-8,10-12,14H2,1H3,(H2,22,23,26). The third kappa shape index (κ3) is 5.52. The Morgan fingerprint density at radius 1 is 1.14 bits per heavy atom. The molecule has 1 aliphatic rings. The highest BCUT2D eigenvalue weighted by Crippen LogP contribution is 2.18. The summed E-state index contributed by atoms with van der Waals surface area (Å²) in [5, 5.41) is 5.83. The number of carbonyl (C=O) groups is 2. The maximum atomic E-state index is 12.3. The van der Waals surface area contributed by atoms with Crippen molar-refractivity contribution in [2.45, 2.75) is 19.3 Å². The van der Waals surface area contributed by atoms with Crippen LogP contribution in [0.2, 0.25) is 0 Å². The molecule has 1 fully saturated rings.